The van der Waals surface area contributed by atoms with Gasteiger partial charge in [-0.15, -0.1) is 0 Å². The summed E-state index contributed by atoms with van der Waals surface area (Å²) in [6.07, 6.45) is -0.892. The maximum absolute atomic E-state index is 12.8. The summed E-state index contributed by atoms with van der Waals surface area (Å²) in [5.74, 6) is -0.412. The number of benzene rings is 1. The number of nitrogens with two attached hydrogens (primary N) is 1. The molecule has 0 bridgehead atoms. The standard InChI is InChI=1S/C8H10FNO/c9-7-4-2-1-3-6(7)8(11)5-10/h1-4,8,11H,5,10H2/t8-/m1/s1. The highest BCUT2D eigenvalue weighted by molar-refractivity contribution is 5.19. The minimum atomic E-state index is -0.892. The van der Waals surface area contributed by atoms with Crippen LogP contribution in [0.1, 0.15) is 11.7 Å². The number of hydrogen-bond donors (Lipinski definition) is 2. The summed E-state index contributed by atoms with van der Waals surface area (Å²) in [6, 6.07) is 6.06. The molecule has 0 aliphatic heterocycles. The molecule has 0 unspecified atom stereocenters. The van der Waals surface area contributed by atoms with Crippen LogP contribution < -0.4 is 5.73 Å². The van der Waals surface area contributed by atoms with E-state index in [1.165, 1.54) is 12.1 Å². The number of aliphatic hydroxyl groups is 1. The van der Waals surface area contributed by atoms with Crippen LogP contribution in [0, 0.1) is 5.82 Å². The van der Waals surface area contributed by atoms with E-state index in [4.69, 9.17) is 10.8 Å². The van der Waals surface area contributed by atoms with Crippen molar-refractivity contribution in [1.29, 1.82) is 0 Å². The van der Waals surface area contributed by atoms with Crippen LogP contribution in [-0.2, 0) is 0 Å². The summed E-state index contributed by atoms with van der Waals surface area (Å²) >= 11 is 0. The zero-order valence-electron chi connectivity index (χ0n) is 6.00. The molecule has 3 heteroatoms. The molecule has 1 aromatic rings. The van der Waals surface area contributed by atoms with Crippen LogP contribution in [0.2, 0.25) is 0 Å². The molecule has 0 aromatic heterocycles. The Balaban J connectivity index is 2.93. The molecular weight excluding hydrogens is 145 g/mol. The highest BCUT2D eigenvalue weighted by atomic mass is 19.1. The van der Waals surface area contributed by atoms with Crippen LogP contribution in [0.25, 0.3) is 0 Å². The molecular formula is C8H10FNO. The minimum absolute atomic E-state index is 0.0426. The number of aliphatic hydroxyl groups excluding tert-OH is 1. The molecule has 3 N–H and O–H groups in total. The summed E-state index contributed by atoms with van der Waals surface area (Å²) < 4.78 is 12.8. The van der Waals surface area contributed by atoms with E-state index in [1.54, 1.807) is 12.1 Å². The van der Waals surface area contributed by atoms with Crippen LogP contribution in [0.3, 0.4) is 0 Å². The fourth-order valence-corrected chi connectivity index (χ4v) is 0.872. The van der Waals surface area contributed by atoms with Crippen LogP contribution in [0.5, 0.6) is 0 Å². The second-order valence-electron chi connectivity index (χ2n) is 2.27. The first-order chi connectivity index (χ1) is 5.25. The van der Waals surface area contributed by atoms with Crippen LogP contribution in [0.4, 0.5) is 4.39 Å². The monoisotopic (exact) mass is 155 g/mol. The van der Waals surface area contributed by atoms with Crippen molar-refractivity contribution in [2.24, 2.45) is 5.73 Å². The Bertz CT molecular complexity index is 239. The number of hydrogen-bond acceptors (Lipinski definition) is 2. The Kier molecular flexibility index (Phi) is 2.57. The maximum atomic E-state index is 12.8. The van der Waals surface area contributed by atoms with Gasteiger partial charge in [0.15, 0.2) is 0 Å². The second-order valence-corrected chi connectivity index (χ2v) is 2.27. The van der Waals surface area contributed by atoms with Gasteiger partial charge in [0.1, 0.15) is 5.82 Å². The summed E-state index contributed by atoms with van der Waals surface area (Å²) in [5, 5.41) is 9.15. The lowest BCUT2D eigenvalue weighted by Crippen LogP contribution is -2.12. The molecule has 60 valence electrons. The van der Waals surface area contributed by atoms with Gasteiger partial charge in [-0.3, -0.25) is 0 Å². The molecule has 0 amide bonds. The van der Waals surface area contributed by atoms with Crippen LogP contribution in [0.15, 0.2) is 24.3 Å². The zero-order chi connectivity index (χ0) is 8.27. The fourth-order valence-electron chi connectivity index (χ4n) is 0.872. The molecule has 1 rings (SSSR count). The summed E-state index contributed by atoms with van der Waals surface area (Å²) in [5.41, 5.74) is 5.42. The van der Waals surface area contributed by atoms with Gasteiger partial charge in [0.05, 0.1) is 6.10 Å². The van der Waals surface area contributed by atoms with Gasteiger partial charge in [-0.2, -0.15) is 0 Å². The Morgan fingerprint density at radius 3 is 2.64 bits per heavy atom. The van der Waals surface area contributed by atoms with Gasteiger partial charge < -0.3 is 10.8 Å². The van der Waals surface area contributed by atoms with E-state index in [9.17, 15) is 4.39 Å². The second kappa shape index (κ2) is 3.46. The Hall–Kier alpha value is -0.930. The third kappa shape index (κ3) is 1.76. The average Bonchev–Trinajstić information content (AvgIpc) is 2.04. The van der Waals surface area contributed by atoms with E-state index in [-0.39, 0.29) is 12.1 Å². The first-order valence-electron chi connectivity index (χ1n) is 3.38. The number of rotatable bonds is 2. The van der Waals surface area contributed by atoms with E-state index >= 15 is 0 Å². The smallest absolute Gasteiger partial charge is 0.129 e. The molecule has 0 fully saturated rings. The Morgan fingerprint density at radius 1 is 1.45 bits per heavy atom. The van der Waals surface area contributed by atoms with Crippen molar-refractivity contribution < 1.29 is 9.50 Å². The molecule has 0 saturated heterocycles. The van der Waals surface area contributed by atoms with Crippen molar-refractivity contribution in [2.75, 3.05) is 6.54 Å². The van der Waals surface area contributed by atoms with Crippen LogP contribution >= 0.6 is 0 Å². The number of halogens is 1. The Morgan fingerprint density at radius 2 is 2.09 bits per heavy atom. The zero-order valence-corrected chi connectivity index (χ0v) is 6.00. The third-order valence-electron chi connectivity index (χ3n) is 1.49. The molecule has 2 nitrogen and oxygen atoms in total. The van der Waals surface area contributed by atoms with Gasteiger partial charge in [0.2, 0.25) is 0 Å². The third-order valence-corrected chi connectivity index (χ3v) is 1.49. The van der Waals surface area contributed by atoms with E-state index in [0.29, 0.717) is 0 Å². The quantitative estimate of drug-likeness (QED) is 0.664. The van der Waals surface area contributed by atoms with Gasteiger partial charge in [0, 0.05) is 12.1 Å². The van der Waals surface area contributed by atoms with E-state index in [0.717, 1.165) is 0 Å². The van der Waals surface area contributed by atoms with Gasteiger partial charge >= 0.3 is 0 Å². The first kappa shape index (κ1) is 8.17. The molecule has 11 heavy (non-hydrogen) atoms. The predicted molar refractivity (Wildman–Crippen MR) is 40.4 cm³/mol. The first-order valence-corrected chi connectivity index (χ1v) is 3.38. The molecule has 0 aliphatic rings. The Labute approximate surface area is 64.5 Å². The molecule has 0 heterocycles. The summed E-state index contributed by atoms with van der Waals surface area (Å²) in [7, 11) is 0. The van der Waals surface area contributed by atoms with E-state index in [1.807, 2.05) is 0 Å². The van der Waals surface area contributed by atoms with Crippen molar-refractivity contribution in [3.63, 3.8) is 0 Å². The lowest BCUT2D eigenvalue weighted by atomic mass is 10.1. The SMILES string of the molecule is NC[C@@H](O)c1ccccc1F. The van der Waals surface area contributed by atoms with Crippen molar-refractivity contribution in [3.05, 3.63) is 35.6 Å². The summed E-state index contributed by atoms with van der Waals surface area (Å²) in [6.45, 7) is 0.0426. The molecule has 1 atom stereocenters. The molecule has 0 spiro atoms. The molecule has 0 saturated carbocycles. The molecule has 0 radical (unpaired) electrons. The maximum Gasteiger partial charge on any atom is 0.129 e. The van der Waals surface area contributed by atoms with Crippen molar-refractivity contribution in [3.8, 4) is 0 Å². The van der Waals surface area contributed by atoms with E-state index in [2.05, 4.69) is 0 Å². The molecule has 1 aromatic carbocycles. The average molecular weight is 155 g/mol. The fraction of sp³-hybridized carbons (Fsp3) is 0.250. The topological polar surface area (TPSA) is 46.2 Å². The highest BCUT2D eigenvalue weighted by Crippen LogP contribution is 2.14. The van der Waals surface area contributed by atoms with Gasteiger partial charge in [-0.25, -0.2) is 4.39 Å². The van der Waals surface area contributed by atoms with Gasteiger partial charge in [-0.1, -0.05) is 18.2 Å². The minimum Gasteiger partial charge on any atom is -0.387 e. The van der Waals surface area contributed by atoms with Crippen molar-refractivity contribution >= 4 is 0 Å². The lowest BCUT2D eigenvalue weighted by Gasteiger charge is -2.07. The highest BCUT2D eigenvalue weighted by Gasteiger charge is 2.08. The van der Waals surface area contributed by atoms with Gasteiger partial charge in [0.25, 0.3) is 0 Å². The molecule has 0 aliphatic carbocycles. The summed E-state index contributed by atoms with van der Waals surface area (Å²) in [4.78, 5) is 0. The largest absolute Gasteiger partial charge is 0.387 e. The van der Waals surface area contributed by atoms with Crippen molar-refractivity contribution in [2.45, 2.75) is 6.10 Å². The van der Waals surface area contributed by atoms with Crippen molar-refractivity contribution in [1.82, 2.24) is 0 Å². The van der Waals surface area contributed by atoms with Crippen LogP contribution in [-0.4, -0.2) is 11.7 Å². The predicted octanol–water partition coefficient (Wildman–Crippen LogP) is 0.818. The normalized spacial score (nSPS) is 13.0. The van der Waals surface area contributed by atoms with E-state index < -0.39 is 11.9 Å². The lowest BCUT2D eigenvalue weighted by molar-refractivity contribution is 0.182. The van der Waals surface area contributed by atoms with Gasteiger partial charge in [-0.05, 0) is 6.07 Å².